The van der Waals surface area contributed by atoms with E-state index in [1.165, 1.54) is 135 Å². The first kappa shape index (κ1) is 38.7. The Balaban J connectivity index is 1.02. The molecule has 47 heavy (non-hydrogen) atoms. The number of carbonyl (C=O) groups is 1. The van der Waals surface area contributed by atoms with Gasteiger partial charge in [0.2, 0.25) is 0 Å². The highest BCUT2D eigenvalue weighted by atomic mass is 16.5. The molecule has 0 aliphatic heterocycles. The summed E-state index contributed by atoms with van der Waals surface area (Å²) in [7, 11) is 0. The summed E-state index contributed by atoms with van der Waals surface area (Å²) in [6.07, 6.45) is 42.2. The third-order valence-corrected chi connectivity index (χ3v) is 14.6. The van der Waals surface area contributed by atoms with Gasteiger partial charge in [-0.1, -0.05) is 117 Å². The summed E-state index contributed by atoms with van der Waals surface area (Å²) in [5, 5.41) is 0. The molecule has 2 nitrogen and oxygen atoms in total. The predicted molar refractivity (Wildman–Crippen MR) is 202 cm³/mol. The minimum Gasteiger partial charge on any atom is -0.465 e. The van der Waals surface area contributed by atoms with Gasteiger partial charge in [-0.15, -0.1) is 0 Å². The maximum atomic E-state index is 12.4. The van der Waals surface area contributed by atoms with Crippen LogP contribution in [0, 0.1) is 52.3 Å². The van der Waals surface area contributed by atoms with Crippen molar-refractivity contribution in [2.24, 2.45) is 52.3 Å². The van der Waals surface area contributed by atoms with Gasteiger partial charge in [0.25, 0.3) is 0 Å². The van der Waals surface area contributed by atoms with Crippen LogP contribution in [-0.2, 0) is 9.53 Å². The van der Waals surface area contributed by atoms with Gasteiger partial charge < -0.3 is 4.74 Å². The van der Waals surface area contributed by atoms with Crippen LogP contribution in [-0.4, -0.2) is 12.6 Å². The minimum atomic E-state index is 0.0209. The number of allylic oxidation sites excluding steroid dienone is 4. The van der Waals surface area contributed by atoms with Crippen LogP contribution in [0.5, 0.6) is 0 Å². The Morgan fingerprint density at radius 3 is 2.23 bits per heavy atom. The van der Waals surface area contributed by atoms with E-state index in [0.717, 1.165) is 54.8 Å². The van der Waals surface area contributed by atoms with Crippen LogP contribution < -0.4 is 0 Å². The van der Waals surface area contributed by atoms with E-state index in [-0.39, 0.29) is 5.97 Å². The molecule has 0 aromatic rings. The second-order valence-corrected chi connectivity index (χ2v) is 17.8. The van der Waals surface area contributed by atoms with Gasteiger partial charge in [-0.25, -0.2) is 0 Å². The number of unbranched alkanes of at least 4 members (excludes halogenated alkanes) is 8. The fourth-order valence-electron chi connectivity index (χ4n) is 11.7. The minimum absolute atomic E-state index is 0.0209. The number of rotatable bonds is 21. The van der Waals surface area contributed by atoms with Crippen molar-refractivity contribution in [1.82, 2.24) is 0 Å². The second-order valence-electron chi connectivity index (χ2n) is 17.8. The van der Waals surface area contributed by atoms with Gasteiger partial charge in [0.1, 0.15) is 0 Å². The molecule has 0 N–H and O–H groups in total. The quantitative estimate of drug-likeness (QED) is 0.0702. The molecule has 0 aromatic heterocycles. The first-order valence-corrected chi connectivity index (χ1v) is 21.2. The topological polar surface area (TPSA) is 26.3 Å². The van der Waals surface area contributed by atoms with Gasteiger partial charge in [-0.2, -0.15) is 0 Å². The molecule has 0 saturated heterocycles. The number of carbonyl (C=O) groups excluding carboxylic acids is 1. The first-order chi connectivity index (χ1) is 22.8. The van der Waals surface area contributed by atoms with Crippen LogP contribution in [0.2, 0.25) is 0 Å². The molecular weight excluding hydrogens is 572 g/mol. The zero-order chi connectivity index (χ0) is 33.5. The first-order valence-electron chi connectivity index (χ1n) is 21.2. The van der Waals surface area contributed by atoms with Crippen molar-refractivity contribution in [2.75, 3.05) is 6.61 Å². The summed E-state index contributed by atoms with van der Waals surface area (Å²) in [5.74, 6) is 6.31. The Morgan fingerprint density at radius 1 is 0.723 bits per heavy atom. The molecule has 4 rings (SSSR count). The monoisotopic (exact) mass is 651 g/mol. The number of hydrogen-bond acceptors (Lipinski definition) is 2. The van der Waals surface area contributed by atoms with Gasteiger partial charge in [0.15, 0.2) is 0 Å². The molecule has 0 aromatic carbocycles. The molecule has 2 unspecified atom stereocenters. The lowest BCUT2D eigenvalue weighted by molar-refractivity contribution is -0.145. The van der Waals surface area contributed by atoms with E-state index in [0.29, 0.717) is 29.8 Å². The van der Waals surface area contributed by atoms with Crippen LogP contribution in [0.25, 0.3) is 0 Å². The highest BCUT2D eigenvalue weighted by Gasteiger charge is 2.60. The molecule has 2 heteroatoms. The lowest BCUT2D eigenvalue weighted by Crippen LogP contribution is -2.53. The summed E-state index contributed by atoms with van der Waals surface area (Å²) >= 11 is 0. The summed E-state index contributed by atoms with van der Waals surface area (Å²) in [6.45, 7) is 13.2. The highest BCUT2D eigenvalue weighted by molar-refractivity contribution is 5.69. The fourth-order valence-corrected chi connectivity index (χ4v) is 11.7. The maximum Gasteiger partial charge on any atom is 0.305 e. The smallest absolute Gasteiger partial charge is 0.305 e. The Morgan fingerprint density at radius 2 is 1.45 bits per heavy atom. The molecule has 0 bridgehead atoms. The summed E-state index contributed by atoms with van der Waals surface area (Å²) in [6, 6.07) is 0. The van der Waals surface area contributed by atoms with Crippen LogP contribution in [0.15, 0.2) is 24.3 Å². The van der Waals surface area contributed by atoms with Crippen molar-refractivity contribution in [3.05, 3.63) is 24.3 Å². The molecule has 4 saturated carbocycles. The van der Waals surface area contributed by atoms with Gasteiger partial charge in [-0.05, 0) is 149 Å². The van der Waals surface area contributed by atoms with Crippen molar-refractivity contribution in [1.29, 1.82) is 0 Å². The van der Waals surface area contributed by atoms with Crippen LogP contribution in [0.3, 0.4) is 0 Å². The SMILES string of the molecule is CCCCC/C=C\C/C=C/CCCCCCCC(=O)OCC(C)CCC[C@@H](C)[C@H]1CC[C@H]2[C@@H]3CCC4CCCC[C@]4(C)[C@H]3CC[C@]12C. The van der Waals surface area contributed by atoms with Crippen LogP contribution >= 0.6 is 0 Å². The lowest BCUT2D eigenvalue weighted by Gasteiger charge is -2.61. The standard InChI is InChI=1S/C45H78O2/c1-6-7-8-9-10-11-12-13-14-15-16-17-18-19-20-27-43(46)47-35-36(2)24-23-25-37(3)40-30-31-41-39-29-28-38-26-21-22-33-44(38,4)42(39)32-34-45(40,41)5/h10-11,13-14,36-42H,6-9,12,15-35H2,1-5H3/b11-10-,14-13+/t36?,37-,38?,39+,40-,41+,42+,44+,45-/m1/s1. The summed E-state index contributed by atoms with van der Waals surface area (Å²) in [4.78, 5) is 12.4. The predicted octanol–water partition coefficient (Wildman–Crippen LogP) is 13.8. The van der Waals surface area contributed by atoms with Crippen LogP contribution in [0.4, 0.5) is 0 Å². The number of fused-ring (bicyclic) bond motifs is 5. The van der Waals surface area contributed by atoms with Crippen molar-refractivity contribution >= 4 is 5.97 Å². The van der Waals surface area contributed by atoms with E-state index >= 15 is 0 Å². The molecular formula is C45H78O2. The molecule has 0 spiro atoms. The zero-order valence-electron chi connectivity index (χ0n) is 32.1. The summed E-state index contributed by atoms with van der Waals surface area (Å²) in [5.41, 5.74) is 1.25. The Bertz CT molecular complexity index is 950. The van der Waals surface area contributed by atoms with Crippen molar-refractivity contribution < 1.29 is 9.53 Å². The number of hydrogen-bond donors (Lipinski definition) is 0. The van der Waals surface area contributed by atoms with Crippen molar-refractivity contribution in [3.8, 4) is 0 Å². The zero-order valence-corrected chi connectivity index (χ0v) is 32.1. The molecule has 0 heterocycles. The third-order valence-electron chi connectivity index (χ3n) is 14.6. The second kappa shape index (κ2) is 20.0. The van der Waals surface area contributed by atoms with Crippen molar-refractivity contribution in [2.45, 2.75) is 195 Å². The van der Waals surface area contributed by atoms with E-state index in [2.05, 4.69) is 58.9 Å². The summed E-state index contributed by atoms with van der Waals surface area (Å²) < 4.78 is 5.71. The Hall–Kier alpha value is -1.05. The largest absolute Gasteiger partial charge is 0.465 e. The van der Waals surface area contributed by atoms with Crippen molar-refractivity contribution in [3.63, 3.8) is 0 Å². The lowest BCUT2D eigenvalue weighted by atomic mass is 9.44. The Kier molecular flexibility index (Phi) is 16.5. The van der Waals surface area contributed by atoms with E-state index in [4.69, 9.17) is 4.74 Å². The average Bonchev–Trinajstić information content (AvgIpc) is 3.42. The highest BCUT2D eigenvalue weighted by Crippen LogP contribution is 2.68. The normalized spacial score (nSPS) is 33.4. The molecule has 4 aliphatic carbocycles. The van der Waals surface area contributed by atoms with Gasteiger partial charge in [0, 0.05) is 6.42 Å². The van der Waals surface area contributed by atoms with E-state index < -0.39 is 0 Å². The van der Waals surface area contributed by atoms with Gasteiger partial charge in [-0.3, -0.25) is 4.79 Å². The fraction of sp³-hybridized carbons (Fsp3) is 0.889. The molecule has 9 atom stereocenters. The van der Waals surface area contributed by atoms with Gasteiger partial charge >= 0.3 is 5.97 Å². The molecule has 270 valence electrons. The molecule has 4 fully saturated rings. The third kappa shape index (κ3) is 11.0. The average molecular weight is 651 g/mol. The number of ether oxygens (including phenoxy) is 1. The van der Waals surface area contributed by atoms with E-state index in [1.807, 2.05) is 0 Å². The van der Waals surface area contributed by atoms with Crippen LogP contribution in [0.1, 0.15) is 195 Å². The molecule has 4 aliphatic rings. The molecule has 0 radical (unpaired) electrons. The molecule has 0 amide bonds. The Labute approximate surface area is 293 Å². The maximum absolute atomic E-state index is 12.4. The van der Waals surface area contributed by atoms with Gasteiger partial charge in [0.05, 0.1) is 6.61 Å². The number of esters is 1. The van der Waals surface area contributed by atoms with E-state index in [9.17, 15) is 4.79 Å². The van der Waals surface area contributed by atoms with E-state index in [1.54, 1.807) is 0 Å².